The van der Waals surface area contributed by atoms with Crippen LogP contribution in [0.15, 0.2) is 47.4 Å². The number of anilines is 3. The summed E-state index contributed by atoms with van der Waals surface area (Å²) in [5, 5.41) is 3.14. The Balaban J connectivity index is 2.28. The van der Waals surface area contributed by atoms with Crippen LogP contribution in [0.2, 0.25) is 0 Å². The molecular formula is C14H17N3O3S. The zero-order chi connectivity index (χ0) is 15.5. The summed E-state index contributed by atoms with van der Waals surface area (Å²) in [5.41, 5.74) is 7.50. The maximum absolute atomic E-state index is 11.7. The van der Waals surface area contributed by atoms with E-state index in [4.69, 9.17) is 10.5 Å². The van der Waals surface area contributed by atoms with Crippen LogP contribution in [0.5, 0.6) is 5.75 Å². The smallest absolute Gasteiger partial charge is 0.242 e. The van der Waals surface area contributed by atoms with E-state index >= 15 is 0 Å². The zero-order valence-electron chi connectivity index (χ0n) is 11.8. The van der Waals surface area contributed by atoms with E-state index < -0.39 is 10.0 Å². The highest BCUT2D eigenvalue weighted by Gasteiger charge is 2.15. The summed E-state index contributed by atoms with van der Waals surface area (Å²) in [6.45, 7) is 0. The number of nitrogens with two attached hydrogens (primary N) is 1. The number of hydrogen-bond acceptors (Lipinski definition) is 5. The molecule has 0 amide bonds. The van der Waals surface area contributed by atoms with Gasteiger partial charge in [0.05, 0.1) is 12.8 Å². The molecule has 0 saturated carbocycles. The molecule has 2 aromatic carbocycles. The van der Waals surface area contributed by atoms with Crippen molar-refractivity contribution in [3.8, 4) is 5.75 Å². The fraction of sp³-hybridized carbons (Fsp3) is 0.143. The lowest BCUT2D eigenvalue weighted by molar-refractivity contribution is 0.415. The highest BCUT2D eigenvalue weighted by atomic mass is 32.2. The van der Waals surface area contributed by atoms with Gasteiger partial charge in [0.25, 0.3) is 0 Å². The first-order chi connectivity index (χ1) is 9.96. The van der Waals surface area contributed by atoms with Gasteiger partial charge in [-0.1, -0.05) is 6.07 Å². The van der Waals surface area contributed by atoms with Gasteiger partial charge in [-0.25, -0.2) is 13.1 Å². The van der Waals surface area contributed by atoms with Crippen LogP contribution in [-0.4, -0.2) is 22.6 Å². The van der Waals surface area contributed by atoms with E-state index in [2.05, 4.69) is 10.0 Å². The monoisotopic (exact) mass is 307 g/mol. The van der Waals surface area contributed by atoms with Gasteiger partial charge in [0.15, 0.2) is 0 Å². The summed E-state index contributed by atoms with van der Waals surface area (Å²) in [6.07, 6.45) is 0. The van der Waals surface area contributed by atoms with Crippen molar-refractivity contribution in [1.82, 2.24) is 4.72 Å². The van der Waals surface area contributed by atoms with E-state index in [0.717, 1.165) is 11.4 Å². The highest BCUT2D eigenvalue weighted by Crippen LogP contribution is 2.26. The summed E-state index contributed by atoms with van der Waals surface area (Å²) in [6, 6.07) is 12.1. The third kappa shape index (κ3) is 3.45. The maximum Gasteiger partial charge on any atom is 0.242 e. The SMILES string of the molecule is CNS(=O)(=O)c1ccc(Nc2cccc(OC)c2)cc1N. The van der Waals surface area contributed by atoms with Crippen molar-refractivity contribution in [2.45, 2.75) is 4.90 Å². The minimum Gasteiger partial charge on any atom is -0.497 e. The average molecular weight is 307 g/mol. The largest absolute Gasteiger partial charge is 0.497 e. The molecule has 0 radical (unpaired) electrons. The first kappa shape index (κ1) is 15.1. The third-order valence-electron chi connectivity index (χ3n) is 2.93. The van der Waals surface area contributed by atoms with E-state index in [0.29, 0.717) is 5.69 Å². The molecule has 6 nitrogen and oxygen atoms in total. The fourth-order valence-electron chi connectivity index (χ4n) is 1.85. The number of nitrogens with one attached hydrogen (secondary N) is 2. The molecule has 2 rings (SSSR count). The number of hydrogen-bond donors (Lipinski definition) is 3. The zero-order valence-corrected chi connectivity index (χ0v) is 12.6. The number of sulfonamides is 1. The second-order valence-electron chi connectivity index (χ2n) is 4.32. The molecule has 21 heavy (non-hydrogen) atoms. The highest BCUT2D eigenvalue weighted by molar-refractivity contribution is 7.89. The van der Waals surface area contributed by atoms with Gasteiger partial charge in [0.2, 0.25) is 10.0 Å². The molecule has 4 N–H and O–H groups in total. The van der Waals surface area contributed by atoms with Gasteiger partial charge in [-0.05, 0) is 37.4 Å². The molecule has 0 aliphatic carbocycles. The molecule has 0 aromatic heterocycles. The van der Waals surface area contributed by atoms with Crippen molar-refractivity contribution in [1.29, 1.82) is 0 Å². The number of nitrogen functional groups attached to an aromatic ring is 1. The Hall–Kier alpha value is -2.25. The third-order valence-corrected chi connectivity index (χ3v) is 4.41. The van der Waals surface area contributed by atoms with Crippen LogP contribution in [0, 0.1) is 0 Å². The molecule has 0 aliphatic rings. The van der Waals surface area contributed by atoms with Gasteiger partial charge in [0, 0.05) is 17.4 Å². The van der Waals surface area contributed by atoms with Crippen molar-refractivity contribution >= 4 is 27.1 Å². The van der Waals surface area contributed by atoms with Crippen LogP contribution in [0.4, 0.5) is 17.1 Å². The second kappa shape index (κ2) is 6.02. The summed E-state index contributed by atoms with van der Waals surface area (Å²) >= 11 is 0. The van der Waals surface area contributed by atoms with E-state index in [-0.39, 0.29) is 10.6 Å². The summed E-state index contributed by atoms with van der Waals surface area (Å²) < 4.78 is 30.9. The van der Waals surface area contributed by atoms with E-state index in [1.54, 1.807) is 19.2 Å². The Kier molecular flexibility index (Phi) is 4.35. The molecule has 0 spiro atoms. The number of methoxy groups -OCH3 is 1. The van der Waals surface area contributed by atoms with E-state index in [9.17, 15) is 8.42 Å². The lowest BCUT2D eigenvalue weighted by Crippen LogP contribution is -2.19. The fourth-order valence-corrected chi connectivity index (χ4v) is 2.68. The molecule has 7 heteroatoms. The van der Waals surface area contributed by atoms with Gasteiger partial charge < -0.3 is 15.8 Å². The Bertz CT molecular complexity index is 745. The molecule has 0 bridgehead atoms. The summed E-state index contributed by atoms with van der Waals surface area (Å²) in [4.78, 5) is 0.0567. The minimum atomic E-state index is -3.55. The van der Waals surface area contributed by atoms with Gasteiger partial charge >= 0.3 is 0 Å². The standard InChI is InChI=1S/C14H17N3O3S/c1-16-21(18,19)14-7-6-11(9-13(14)15)17-10-4-3-5-12(8-10)20-2/h3-9,16-17H,15H2,1-2H3. The van der Waals surface area contributed by atoms with E-state index in [1.807, 2.05) is 24.3 Å². The minimum absolute atomic E-state index is 0.0567. The molecule has 0 unspecified atom stereocenters. The van der Waals surface area contributed by atoms with Crippen LogP contribution in [0.3, 0.4) is 0 Å². The van der Waals surface area contributed by atoms with Gasteiger partial charge in [-0.2, -0.15) is 0 Å². The Morgan fingerprint density at radius 3 is 2.43 bits per heavy atom. The lowest BCUT2D eigenvalue weighted by atomic mass is 10.2. The molecule has 0 heterocycles. The molecule has 112 valence electrons. The number of benzene rings is 2. The quantitative estimate of drug-likeness (QED) is 0.734. The van der Waals surface area contributed by atoms with Crippen molar-refractivity contribution in [3.63, 3.8) is 0 Å². The first-order valence-corrected chi connectivity index (χ1v) is 7.69. The predicted molar refractivity (Wildman–Crippen MR) is 83.4 cm³/mol. The average Bonchev–Trinajstić information content (AvgIpc) is 2.47. The van der Waals surface area contributed by atoms with Crippen LogP contribution in [-0.2, 0) is 10.0 Å². The lowest BCUT2D eigenvalue weighted by Gasteiger charge is -2.11. The van der Waals surface area contributed by atoms with E-state index in [1.165, 1.54) is 13.1 Å². The second-order valence-corrected chi connectivity index (χ2v) is 6.17. The van der Waals surface area contributed by atoms with Crippen LogP contribution in [0.1, 0.15) is 0 Å². The predicted octanol–water partition coefficient (Wildman–Crippen LogP) is 1.93. The van der Waals surface area contributed by atoms with Crippen LogP contribution < -0.4 is 20.5 Å². The molecule has 0 atom stereocenters. The maximum atomic E-state index is 11.7. The molecule has 2 aromatic rings. The number of rotatable bonds is 5. The van der Waals surface area contributed by atoms with Crippen molar-refractivity contribution in [3.05, 3.63) is 42.5 Å². The van der Waals surface area contributed by atoms with Crippen molar-refractivity contribution < 1.29 is 13.2 Å². The Labute approximate surface area is 124 Å². The van der Waals surface area contributed by atoms with Crippen LogP contribution in [0.25, 0.3) is 0 Å². The Morgan fingerprint density at radius 2 is 1.81 bits per heavy atom. The molecule has 0 fully saturated rings. The molecule has 0 saturated heterocycles. The van der Waals surface area contributed by atoms with Crippen LogP contribution >= 0.6 is 0 Å². The molecule has 0 aliphatic heterocycles. The van der Waals surface area contributed by atoms with Gasteiger partial charge in [-0.15, -0.1) is 0 Å². The molecular weight excluding hydrogens is 290 g/mol. The van der Waals surface area contributed by atoms with Crippen molar-refractivity contribution in [2.75, 3.05) is 25.2 Å². The topological polar surface area (TPSA) is 93.5 Å². The number of ether oxygens (including phenoxy) is 1. The van der Waals surface area contributed by atoms with Gasteiger partial charge in [0.1, 0.15) is 10.6 Å². The normalized spacial score (nSPS) is 11.1. The first-order valence-electron chi connectivity index (χ1n) is 6.20. The summed E-state index contributed by atoms with van der Waals surface area (Å²) in [5.74, 6) is 0.724. The van der Waals surface area contributed by atoms with Gasteiger partial charge in [-0.3, -0.25) is 0 Å². The Morgan fingerprint density at radius 1 is 1.10 bits per heavy atom. The van der Waals surface area contributed by atoms with Crippen molar-refractivity contribution in [2.24, 2.45) is 0 Å². The summed E-state index contributed by atoms with van der Waals surface area (Å²) in [7, 11) is -0.616.